The number of rotatable bonds is 3. The molecule has 0 spiro atoms. The molecule has 0 saturated heterocycles. The minimum atomic E-state index is -0.947. The molecule has 4 aromatic rings. The summed E-state index contributed by atoms with van der Waals surface area (Å²) >= 11 is 0. The zero-order chi connectivity index (χ0) is 24.1. The Kier molecular flexibility index (Phi) is 6.67. The van der Waals surface area contributed by atoms with Crippen molar-refractivity contribution in [2.45, 2.75) is 0 Å². The second-order valence-corrected chi connectivity index (χ2v) is 7.26. The highest BCUT2D eigenvalue weighted by Gasteiger charge is 2.05. The van der Waals surface area contributed by atoms with E-state index in [1.165, 1.54) is 24.3 Å². The van der Waals surface area contributed by atoms with Gasteiger partial charge in [-0.3, -0.25) is 0 Å². The van der Waals surface area contributed by atoms with Crippen molar-refractivity contribution in [2.24, 2.45) is 0 Å². The molecule has 0 aromatic heterocycles. The van der Waals surface area contributed by atoms with Crippen molar-refractivity contribution in [2.75, 3.05) is 6.61 Å². The molecule has 0 aliphatic rings. The molecule has 0 aliphatic heterocycles. The lowest BCUT2D eigenvalue weighted by Crippen LogP contribution is -1.94. The van der Waals surface area contributed by atoms with Crippen LogP contribution in [0.3, 0.4) is 0 Å². The number of hydrogen-bond acceptors (Lipinski definition) is 1. The fraction of sp³-hybridized carbons (Fsp3) is 0.0345. The molecule has 0 heterocycles. The van der Waals surface area contributed by atoms with Crippen molar-refractivity contribution < 1.29 is 22.3 Å². The lowest BCUT2D eigenvalue weighted by Gasteiger charge is -2.03. The van der Waals surface area contributed by atoms with Crippen LogP contribution in [0.2, 0.25) is 0 Å². The van der Waals surface area contributed by atoms with E-state index in [-0.39, 0.29) is 17.7 Å². The predicted octanol–water partition coefficient (Wildman–Crippen LogP) is 6.76. The third-order valence-corrected chi connectivity index (χ3v) is 4.84. The van der Waals surface area contributed by atoms with Gasteiger partial charge in [0.25, 0.3) is 0 Å². The Labute approximate surface area is 194 Å². The van der Waals surface area contributed by atoms with Crippen molar-refractivity contribution in [1.29, 1.82) is 0 Å². The largest absolute Gasteiger partial charge is 0.489 e. The van der Waals surface area contributed by atoms with Gasteiger partial charge in [0.2, 0.25) is 0 Å². The van der Waals surface area contributed by atoms with Gasteiger partial charge in [0.1, 0.15) is 24.0 Å². The molecule has 0 radical (unpaired) electrons. The van der Waals surface area contributed by atoms with E-state index in [1.807, 2.05) is 0 Å². The average Bonchev–Trinajstić information content (AvgIpc) is 2.82. The normalized spacial score (nSPS) is 10.1. The molecule has 0 amide bonds. The van der Waals surface area contributed by atoms with Crippen LogP contribution < -0.4 is 4.74 Å². The lowest BCUT2D eigenvalue weighted by molar-refractivity contribution is 0.361. The molecule has 5 heteroatoms. The van der Waals surface area contributed by atoms with E-state index in [4.69, 9.17) is 4.74 Å². The van der Waals surface area contributed by atoms with Gasteiger partial charge in [0, 0.05) is 17.2 Å². The monoisotopic (exact) mass is 456 g/mol. The fourth-order valence-corrected chi connectivity index (χ4v) is 3.14. The Balaban J connectivity index is 1.53. The molecule has 0 unspecified atom stereocenters. The number of fused-ring (bicyclic) bond motifs is 1. The van der Waals surface area contributed by atoms with E-state index in [1.54, 1.807) is 36.4 Å². The van der Waals surface area contributed by atoms with Gasteiger partial charge < -0.3 is 4.74 Å². The molecule has 0 aliphatic carbocycles. The zero-order valence-electron chi connectivity index (χ0n) is 17.8. The minimum Gasteiger partial charge on any atom is -0.489 e. The summed E-state index contributed by atoms with van der Waals surface area (Å²) in [5, 5.41) is 1.03. The molecular formula is C29H16F4O. The number of halogens is 4. The zero-order valence-corrected chi connectivity index (χ0v) is 17.8. The molecule has 166 valence electrons. The van der Waals surface area contributed by atoms with Crippen LogP contribution in [0.15, 0.2) is 79.4 Å². The maximum absolute atomic E-state index is 14.5. The Morgan fingerprint density at radius 1 is 0.618 bits per heavy atom. The second-order valence-electron chi connectivity index (χ2n) is 7.26. The quantitative estimate of drug-likeness (QED) is 0.188. The summed E-state index contributed by atoms with van der Waals surface area (Å²) < 4.78 is 60.8. The van der Waals surface area contributed by atoms with Crippen LogP contribution in [-0.2, 0) is 0 Å². The van der Waals surface area contributed by atoms with Gasteiger partial charge in [0.15, 0.2) is 11.6 Å². The van der Waals surface area contributed by atoms with Crippen LogP contribution in [0.25, 0.3) is 10.8 Å². The first kappa shape index (κ1) is 22.7. The first-order chi connectivity index (χ1) is 16.4. The van der Waals surface area contributed by atoms with Crippen molar-refractivity contribution >= 4 is 10.8 Å². The minimum absolute atomic E-state index is 0.144. The standard InChI is InChI=1S/C29H16F4O/c1-2-13-34-25-12-11-22(27(31)18-25)9-5-20-4-8-21(26(30)15-20)7-3-19-6-10-23-16-28(32)29(33)17-24(23)14-19/h2,4,6,8,10-12,14-18H,1,13H2. The Morgan fingerprint density at radius 2 is 1.21 bits per heavy atom. The van der Waals surface area contributed by atoms with Crippen LogP contribution in [0.4, 0.5) is 17.6 Å². The fourth-order valence-electron chi connectivity index (χ4n) is 3.14. The first-order valence-electron chi connectivity index (χ1n) is 10.2. The van der Waals surface area contributed by atoms with Crippen LogP contribution in [0, 0.1) is 47.0 Å². The summed E-state index contributed by atoms with van der Waals surface area (Å²) in [6.07, 6.45) is 1.55. The van der Waals surface area contributed by atoms with Gasteiger partial charge in [-0.15, -0.1) is 0 Å². The maximum Gasteiger partial charge on any atom is 0.159 e. The van der Waals surface area contributed by atoms with Crippen molar-refractivity contribution in [3.63, 3.8) is 0 Å². The lowest BCUT2D eigenvalue weighted by atomic mass is 10.1. The van der Waals surface area contributed by atoms with Crippen molar-refractivity contribution in [1.82, 2.24) is 0 Å². The smallest absolute Gasteiger partial charge is 0.159 e. The van der Waals surface area contributed by atoms with E-state index < -0.39 is 23.3 Å². The highest BCUT2D eigenvalue weighted by atomic mass is 19.2. The van der Waals surface area contributed by atoms with Gasteiger partial charge in [-0.05, 0) is 65.4 Å². The van der Waals surface area contributed by atoms with Gasteiger partial charge in [-0.1, -0.05) is 42.4 Å². The Hall–Kier alpha value is -4.48. The van der Waals surface area contributed by atoms with E-state index in [0.717, 1.165) is 12.1 Å². The van der Waals surface area contributed by atoms with Gasteiger partial charge in [0.05, 0.1) is 11.1 Å². The summed E-state index contributed by atoms with van der Waals surface area (Å²) in [5.41, 5.74) is 1.18. The third kappa shape index (κ3) is 5.28. The summed E-state index contributed by atoms with van der Waals surface area (Å²) in [6, 6.07) is 15.6. The van der Waals surface area contributed by atoms with Crippen LogP contribution >= 0.6 is 0 Å². The van der Waals surface area contributed by atoms with E-state index in [9.17, 15) is 17.6 Å². The molecule has 0 bridgehead atoms. The molecule has 4 aromatic carbocycles. The summed E-state index contributed by atoms with van der Waals surface area (Å²) in [5.74, 6) is 8.33. The second kappa shape index (κ2) is 9.98. The van der Waals surface area contributed by atoms with E-state index in [0.29, 0.717) is 27.6 Å². The van der Waals surface area contributed by atoms with Crippen LogP contribution in [-0.4, -0.2) is 6.61 Å². The van der Waals surface area contributed by atoms with E-state index >= 15 is 0 Å². The van der Waals surface area contributed by atoms with Crippen molar-refractivity contribution in [3.8, 4) is 29.4 Å². The highest BCUT2D eigenvalue weighted by Crippen LogP contribution is 2.20. The highest BCUT2D eigenvalue weighted by molar-refractivity contribution is 5.84. The Morgan fingerprint density at radius 3 is 1.85 bits per heavy atom. The molecule has 0 saturated carbocycles. The maximum atomic E-state index is 14.5. The van der Waals surface area contributed by atoms with Gasteiger partial charge >= 0.3 is 0 Å². The SMILES string of the molecule is C=CCOc1ccc(C#Cc2ccc(C#Cc3ccc4cc(F)c(F)cc4c3)c(F)c2)c(F)c1. The topological polar surface area (TPSA) is 9.23 Å². The third-order valence-electron chi connectivity index (χ3n) is 4.84. The van der Waals surface area contributed by atoms with E-state index in [2.05, 4.69) is 30.3 Å². The molecule has 0 fully saturated rings. The Bertz CT molecular complexity index is 1530. The average molecular weight is 456 g/mol. The first-order valence-corrected chi connectivity index (χ1v) is 10.2. The molecule has 34 heavy (non-hydrogen) atoms. The molecule has 0 N–H and O–H groups in total. The van der Waals surface area contributed by atoms with Gasteiger partial charge in [-0.25, -0.2) is 17.6 Å². The number of hydrogen-bond donors (Lipinski definition) is 0. The summed E-state index contributed by atoms with van der Waals surface area (Å²) in [4.78, 5) is 0. The summed E-state index contributed by atoms with van der Waals surface area (Å²) in [6.45, 7) is 3.79. The molecule has 1 nitrogen and oxygen atoms in total. The van der Waals surface area contributed by atoms with Gasteiger partial charge in [-0.2, -0.15) is 0 Å². The molecular weight excluding hydrogens is 440 g/mol. The molecule has 0 atom stereocenters. The summed E-state index contributed by atoms with van der Waals surface area (Å²) in [7, 11) is 0. The van der Waals surface area contributed by atoms with Crippen LogP contribution in [0.1, 0.15) is 22.3 Å². The number of benzene rings is 4. The van der Waals surface area contributed by atoms with Crippen LogP contribution in [0.5, 0.6) is 5.75 Å². The predicted molar refractivity (Wildman–Crippen MR) is 124 cm³/mol. The number of ether oxygens (including phenoxy) is 1. The molecule has 4 rings (SSSR count). The van der Waals surface area contributed by atoms with Crippen molar-refractivity contribution in [3.05, 3.63) is 125 Å².